The van der Waals surface area contributed by atoms with Crippen molar-refractivity contribution in [1.29, 1.82) is 0 Å². The topological polar surface area (TPSA) is 99.2 Å². The molecule has 0 fully saturated rings. The number of alkyl halides is 6. The number of hydrazone groups is 1. The van der Waals surface area contributed by atoms with Crippen LogP contribution in [0.15, 0.2) is 35.6 Å². The van der Waals surface area contributed by atoms with E-state index in [2.05, 4.69) is 20.7 Å². The minimum absolute atomic E-state index is 0.0853. The highest BCUT2D eigenvalue weighted by Crippen LogP contribution is 2.34. The lowest BCUT2D eigenvalue weighted by Gasteiger charge is -2.14. The number of hydrogen-bond donors (Lipinski definition) is 3. The van der Waals surface area contributed by atoms with Crippen molar-refractivity contribution in [2.24, 2.45) is 5.10 Å². The molecule has 3 rings (SSSR count). The second-order valence-electron chi connectivity index (χ2n) is 5.64. The van der Waals surface area contributed by atoms with Gasteiger partial charge in [-0.25, -0.2) is 5.43 Å². The second-order valence-corrected chi connectivity index (χ2v) is 5.64. The van der Waals surface area contributed by atoms with Gasteiger partial charge in [0.25, 0.3) is 5.91 Å². The van der Waals surface area contributed by atoms with Crippen LogP contribution in [0.4, 0.5) is 32.2 Å². The summed E-state index contributed by atoms with van der Waals surface area (Å²) in [5.74, 6) is -4.94. The van der Waals surface area contributed by atoms with Gasteiger partial charge in [0.1, 0.15) is 11.7 Å². The van der Waals surface area contributed by atoms with Gasteiger partial charge >= 0.3 is 18.3 Å². The Morgan fingerprint density at radius 1 is 1.14 bits per heavy atom. The molecule has 1 atom stereocenters. The molecule has 2 aromatic rings. The molecule has 2 amide bonds. The molecule has 0 saturated heterocycles. The van der Waals surface area contributed by atoms with E-state index in [0.717, 1.165) is 24.4 Å². The van der Waals surface area contributed by atoms with E-state index in [1.165, 1.54) is 6.07 Å². The molecule has 1 aromatic carbocycles. The Bertz CT molecular complexity index is 962. The number of H-pyrrole nitrogens is 1. The van der Waals surface area contributed by atoms with Gasteiger partial charge in [-0.2, -0.15) is 36.5 Å². The number of nitrogens with zero attached hydrogens (tertiary/aromatic N) is 2. The first kappa shape index (κ1) is 19.4. The third kappa shape index (κ3) is 3.68. The molecule has 1 aliphatic heterocycles. The fourth-order valence-corrected chi connectivity index (χ4v) is 2.55. The molecule has 3 N–H and O–H groups in total. The lowest BCUT2D eigenvalue weighted by Crippen LogP contribution is -2.31. The number of carbonyl (C=O) groups is 2. The predicted octanol–water partition coefficient (Wildman–Crippen LogP) is 2.55. The number of hydrogen-bond acceptors (Lipinski definition) is 4. The molecule has 28 heavy (non-hydrogen) atoms. The lowest BCUT2D eigenvalue weighted by molar-refractivity contribution is -0.167. The summed E-state index contributed by atoms with van der Waals surface area (Å²) < 4.78 is 76.2. The molecule has 0 saturated carbocycles. The van der Waals surface area contributed by atoms with Crippen molar-refractivity contribution in [3.05, 3.63) is 47.2 Å². The van der Waals surface area contributed by atoms with Crippen LogP contribution in [0.5, 0.6) is 0 Å². The molecular weight excluding hydrogens is 396 g/mol. The average Bonchev–Trinajstić information content (AvgIpc) is 3.19. The van der Waals surface area contributed by atoms with Crippen LogP contribution in [0.3, 0.4) is 0 Å². The monoisotopic (exact) mass is 405 g/mol. The van der Waals surface area contributed by atoms with Crippen molar-refractivity contribution in [1.82, 2.24) is 15.6 Å². The maximum absolute atomic E-state index is 12.9. The predicted molar refractivity (Wildman–Crippen MR) is 82.1 cm³/mol. The summed E-state index contributed by atoms with van der Waals surface area (Å²) in [6, 6.07) is 3.87. The summed E-state index contributed by atoms with van der Waals surface area (Å²) in [6.45, 7) is 0. The number of nitrogens with one attached hydrogen (secondary N) is 3. The Morgan fingerprint density at radius 2 is 1.86 bits per heavy atom. The Kier molecular flexibility index (Phi) is 4.61. The zero-order valence-corrected chi connectivity index (χ0v) is 13.4. The Labute approximate surface area is 151 Å². The fraction of sp³-hybridized carbons (Fsp3) is 0.200. The van der Waals surface area contributed by atoms with Crippen LogP contribution in [-0.4, -0.2) is 33.9 Å². The highest BCUT2D eigenvalue weighted by Gasteiger charge is 2.41. The molecule has 1 unspecified atom stereocenters. The molecule has 13 heteroatoms. The minimum atomic E-state index is -5.19. The third-order valence-corrected chi connectivity index (χ3v) is 3.78. The van der Waals surface area contributed by atoms with E-state index < -0.39 is 41.5 Å². The molecule has 0 radical (unpaired) electrons. The van der Waals surface area contributed by atoms with Gasteiger partial charge in [-0.15, -0.1) is 0 Å². The summed E-state index contributed by atoms with van der Waals surface area (Å²) in [7, 11) is 0. The normalized spacial score (nSPS) is 17.3. The van der Waals surface area contributed by atoms with E-state index in [4.69, 9.17) is 0 Å². The van der Waals surface area contributed by atoms with E-state index in [0.29, 0.717) is 0 Å². The van der Waals surface area contributed by atoms with Crippen LogP contribution in [0.1, 0.15) is 22.6 Å². The van der Waals surface area contributed by atoms with Crippen molar-refractivity contribution in [3.8, 4) is 0 Å². The first-order valence-corrected chi connectivity index (χ1v) is 7.45. The molecule has 0 bridgehead atoms. The number of amides is 2. The van der Waals surface area contributed by atoms with Crippen LogP contribution >= 0.6 is 0 Å². The maximum Gasteiger partial charge on any atom is 0.471 e. The van der Waals surface area contributed by atoms with Gasteiger partial charge < -0.3 is 5.32 Å². The number of carbonyl (C=O) groups excluding carboxylic acids is 2. The quantitative estimate of drug-likeness (QED) is 0.685. The largest absolute Gasteiger partial charge is 0.471 e. The van der Waals surface area contributed by atoms with Crippen molar-refractivity contribution in [2.75, 3.05) is 5.32 Å². The Morgan fingerprint density at radius 3 is 2.50 bits per heavy atom. The Hall–Kier alpha value is -3.38. The summed E-state index contributed by atoms with van der Waals surface area (Å²) in [5, 5.41) is 10.9. The molecule has 148 valence electrons. The zero-order valence-electron chi connectivity index (χ0n) is 13.4. The van der Waals surface area contributed by atoms with E-state index in [9.17, 15) is 35.9 Å². The van der Waals surface area contributed by atoms with Gasteiger partial charge in [0, 0.05) is 0 Å². The molecule has 1 aliphatic rings. The summed E-state index contributed by atoms with van der Waals surface area (Å²) in [5.41, 5.74) is 0.589. The van der Waals surface area contributed by atoms with E-state index in [-0.39, 0.29) is 16.8 Å². The number of halogens is 6. The summed E-state index contributed by atoms with van der Waals surface area (Å²) in [4.78, 5) is 23.3. The smallest absolute Gasteiger partial charge is 0.303 e. The minimum Gasteiger partial charge on any atom is -0.303 e. The van der Waals surface area contributed by atoms with Crippen molar-refractivity contribution in [2.45, 2.75) is 18.3 Å². The first-order chi connectivity index (χ1) is 13.0. The highest BCUT2D eigenvalue weighted by atomic mass is 19.4. The van der Waals surface area contributed by atoms with Gasteiger partial charge in [0.2, 0.25) is 0 Å². The van der Waals surface area contributed by atoms with Crippen molar-refractivity contribution < 1.29 is 35.9 Å². The van der Waals surface area contributed by atoms with Gasteiger partial charge in [0.15, 0.2) is 0 Å². The van der Waals surface area contributed by atoms with Crippen molar-refractivity contribution >= 4 is 23.3 Å². The van der Waals surface area contributed by atoms with Crippen LogP contribution in [0, 0.1) is 0 Å². The van der Waals surface area contributed by atoms with Gasteiger partial charge in [-0.05, 0) is 11.6 Å². The number of aromatic nitrogens is 2. The van der Waals surface area contributed by atoms with E-state index in [1.54, 1.807) is 5.32 Å². The van der Waals surface area contributed by atoms with Crippen LogP contribution < -0.4 is 10.7 Å². The average molecular weight is 405 g/mol. The lowest BCUT2D eigenvalue weighted by atomic mass is 9.90. The Balaban J connectivity index is 1.97. The molecule has 0 spiro atoms. The number of rotatable bonds is 3. The molecule has 0 aliphatic carbocycles. The molecular formula is C15H9F6N5O2. The van der Waals surface area contributed by atoms with Crippen LogP contribution in [-0.2, 0) is 15.8 Å². The van der Waals surface area contributed by atoms with Gasteiger partial charge in [-0.1, -0.05) is 18.2 Å². The third-order valence-electron chi connectivity index (χ3n) is 3.78. The summed E-state index contributed by atoms with van der Waals surface area (Å²) in [6.07, 6.45) is -8.86. The first-order valence-electron chi connectivity index (χ1n) is 7.45. The standard InChI is InChI=1S/C15H9F6N5O2/c16-14(17,18)7-3-1-2-6(4-7)9-10(24-26-12(9)27)8-5-22-25-11(8)23-13(28)15(19,20)21/h1-5,9H,(H,26,27)(H2,22,23,25,28). The second kappa shape index (κ2) is 6.65. The number of benzene rings is 1. The highest BCUT2D eigenvalue weighted by molar-refractivity contribution is 6.22. The molecule has 1 aromatic heterocycles. The van der Waals surface area contributed by atoms with Gasteiger partial charge in [0.05, 0.1) is 23.0 Å². The fourth-order valence-electron chi connectivity index (χ4n) is 2.55. The van der Waals surface area contributed by atoms with Gasteiger partial charge in [-0.3, -0.25) is 14.7 Å². The molecule has 7 nitrogen and oxygen atoms in total. The molecule has 2 heterocycles. The maximum atomic E-state index is 12.9. The zero-order chi connectivity index (χ0) is 20.7. The van der Waals surface area contributed by atoms with Crippen LogP contribution in [0.25, 0.3) is 0 Å². The van der Waals surface area contributed by atoms with Crippen molar-refractivity contribution in [3.63, 3.8) is 0 Å². The number of anilines is 1. The van der Waals surface area contributed by atoms with Crippen LogP contribution in [0.2, 0.25) is 0 Å². The summed E-state index contributed by atoms with van der Waals surface area (Å²) >= 11 is 0. The van der Waals surface area contributed by atoms with E-state index in [1.807, 2.05) is 0 Å². The SMILES string of the molecule is O=C1NN=C(c2cn[nH]c2NC(=O)C(F)(F)F)C1c1cccc(C(F)(F)F)c1. The number of aromatic amines is 1. The van der Waals surface area contributed by atoms with E-state index >= 15 is 0 Å².